The van der Waals surface area contributed by atoms with Crippen LogP contribution in [0, 0.1) is 12.8 Å². The first-order valence-corrected chi connectivity index (χ1v) is 9.32. The first-order valence-electron chi connectivity index (χ1n) is 7.88. The van der Waals surface area contributed by atoms with Crippen molar-refractivity contribution in [3.8, 4) is 5.75 Å². The highest BCUT2D eigenvalue weighted by Gasteiger charge is 2.31. The molecule has 0 aromatic heterocycles. The highest BCUT2D eigenvalue weighted by molar-refractivity contribution is 7.89. The molecule has 0 aliphatic carbocycles. The van der Waals surface area contributed by atoms with Crippen molar-refractivity contribution >= 4 is 15.7 Å². The molecule has 6 heteroatoms. The number of benzene rings is 1. The summed E-state index contributed by atoms with van der Waals surface area (Å²) in [6, 6.07) is 3.63. The van der Waals surface area contributed by atoms with Crippen LogP contribution >= 0.6 is 0 Å². The van der Waals surface area contributed by atoms with Gasteiger partial charge in [0.2, 0.25) is 10.0 Å². The van der Waals surface area contributed by atoms with Crippen molar-refractivity contribution in [1.29, 1.82) is 0 Å². The summed E-state index contributed by atoms with van der Waals surface area (Å²) in [6.07, 6.45) is 2.03. The molecule has 0 unspecified atom stereocenters. The fourth-order valence-corrected chi connectivity index (χ4v) is 5.08. The number of anilines is 1. The number of ether oxygens (including phenoxy) is 1. The number of likely N-dealkylation sites (N-methyl/N-ethyl adjacent to an activating group) is 1. The number of nitrogens with zero attached hydrogens (tertiary/aromatic N) is 2. The Morgan fingerprint density at radius 3 is 2.77 bits per heavy atom. The minimum Gasteiger partial charge on any atom is -0.490 e. The van der Waals surface area contributed by atoms with Crippen LogP contribution in [0.4, 0.5) is 5.69 Å². The van der Waals surface area contributed by atoms with E-state index in [1.54, 1.807) is 10.4 Å². The summed E-state index contributed by atoms with van der Waals surface area (Å²) in [5.74, 6) is 1.09. The van der Waals surface area contributed by atoms with E-state index in [4.69, 9.17) is 4.74 Å². The topological polar surface area (TPSA) is 49.9 Å². The summed E-state index contributed by atoms with van der Waals surface area (Å²) < 4.78 is 33.3. The number of hydrogen-bond acceptors (Lipinski definition) is 4. The van der Waals surface area contributed by atoms with Crippen LogP contribution in [0.25, 0.3) is 0 Å². The van der Waals surface area contributed by atoms with Gasteiger partial charge in [0.15, 0.2) is 0 Å². The summed E-state index contributed by atoms with van der Waals surface area (Å²) >= 11 is 0. The van der Waals surface area contributed by atoms with E-state index in [0.29, 0.717) is 36.3 Å². The largest absolute Gasteiger partial charge is 0.490 e. The number of hydrogen-bond donors (Lipinski definition) is 0. The molecule has 3 rings (SSSR count). The van der Waals surface area contributed by atoms with Gasteiger partial charge in [-0.3, -0.25) is 0 Å². The maximum atomic E-state index is 13.0. The molecule has 0 amide bonds. The Balaban J connectivity index is 2.00. The van der Waals surface area contributed by atoms with E-state index in [-0.39, 0.29) is 0 Å². The van der Waals surface area contributed by atoms with Gasteiger partial charge in [-0.1, -0.05) is 6.92 Å². The second-order valence-electron chi connectivity index (χ2n) is 6.47. The molecule has 2 heterocycles. The normalized spacial score (nSPS) is 23.0. The fourth-order valence-electron chi connectivity index (χ4n) is 3.26. The van der Waals surface area contributed by atoms with E-state index >= 15 is 0 Å². The lowest BCUT2D eigenvalue weighted by Crippen LogP contribution is -2.39. The molecule has 2 aliphatic rings. The van der Waals surface area contributed by atoms with Crippen molar-refractivity contribution in [1.82, 2.24) is 4.31 Å². The van der Waals surface area contributed by atoms with E-state index in [1.165, 1.54) is 0 Å². The molecule has 122 valence electrons. The maximum absolute atomic E-state index is 13.0. The van der Waals surface area contributed by atoms with Gasteiger partial charge in [0.1, 0.15) is 12.4 Å². The molecular weight excluding hydrogens is 300 g/mol. The number of fused-ring (bicyclic) bond motifs is 1. The molecule has 1 fully saturated rings. The van der Waals surface area contributed by atoms with Crippen LogP contribution in [-0.2, 0) is 10.0 Å². The predicted molar refractivity (Wildman–Crippen MR) is 87.1 cm³/mol. The third-order valence-electron chi connectivity index (χ3n) is 4.59. The average Bonchev–Trinajstić information content (AvgIpc) is 2.47. The monoisotopic (exact) mass is 324 g/mol. The zero-order valence-corrected chi connectivity index (χ0v) is 14.3. The first-order chi connectivity index (χ1) is 10.4. The van der Waals surface area contributed by atoms with Crippen molar-refractivity contribution in [3.63, 3.8) is 0 Å². The Bertz CT molecular complexity index is 672. The minimum atomic E-state index is -3.44. The first kappa shape index (κ1) is 15.6. The van der Waals surface area contributed by atoms with Crippen molar-refractivity contribution < 1.29 is 13.2 Å². The van der Waals surface area contributed by atoms with Gasteiger partial charge in [0, 0.05) is 26.2 Å². The van der Waals surface area contributed by atoms with E-state index in [1.807, 2.05) is 20.0 Å². The lowest BCUT2D eigenvalue weighted by molar-refractivity contribution is 0.280. The Morgan fingerprint density at radius 1 is 1.27 bits per heavy atom. The van der Waals surface area contributed by atoms with E-state index in [2.05, 4.69) is 11.8 Å². The van der Waals surface area contributed by atoms with Gasteiger partial charge < -0.3 is 9.64 Å². The van der Waals surface area contributed by atoms with Gasteiger partial charge in [0.05, 0.1) is 17.1 Å². The highest BCUT2D eigenvalue weighted by Crippen LogP contribution is 2.36. The zero-order chi connectivity index (χ0) is 15.9. The van der Waals surface area contributed by atoms with Gasteiger partial charge in [0.25, 0.3) is 0 Å². The van der Waals surface area contributed by atoms with E-state index < -0.39 is 10.0 Å². The Hall–Kier alpha value is -1.27. The molecule has 22 heavy (non-hydrogen) atoms. The Morgan fingerprint density at radius 2 is 2.05 bits per heavy atom. The Kier molecular flexibility index (Phi) is 4.07. The molecule has 1 saturated heterocycles. The zero-order valence-electron chi connectivity index (χ0n) is 13.5. The lowest BCUT2D eigenvalue weighted by atomic mass is 10.0. The molecule has 0 saturated carbocycles. The van der Waals surface area contributed by atoms with Crippen molar-refractivity contribution in [2.24, 2.45) is 5.92 Å². The van der Waals surface area contributed by atoms with Crippen LogP contribution in [0.3, 0.4) is 0 Å². The molecule has 5 nitrogen and oxygen atoms in total. The molecule has 2 aliphatic heterocycles. The number of sulfonamides is 1. The van der Waals surface area contributed by atoms with Crippen molar-refractivity contribution in [3.05, 3.63) is 17.7 Å². The molecular formula is C16H24N2O3S. The Labute approximate surface area is 132 Å². The molecule has 0 spiro atoms. The third kappa shape index (κ3) is 2.70. The van der Waals surface area contributed by atoms with Gasteiger partial charge in [-0.25, -0.2) is 8.42 Å². The second kappa shape index (κ2) is 5.74. The van der Waals surface area contributed by atoms with Gasteiger partial charge in [-0.2, -0.15) is 4.31 Å². The van der Waals surface area contributed by atoms with Gasteiger partial charge in [-0.15, -0.1) is 0 Å². The van der Waals surface area contributed by atoms with Crippen LogP contribution in [0.2, 0.25) is 0 Å². The van der Waals surface area contributed by atoms with Crippen molar-refractivity contribution in [2.75, 3.05) is 38.2 Å². The van der Waals surface area contributed by atoms with E-state index in [9.17, 15) is 8.42 Å². The predicted octanol–water partition coefficient (Wildman–Crippen LogP) is 2.24. The summed E-state index contributed by atoms with van der Waals surface area (Å²) in [5, 5.41) is 0. The molecule has 0 radical (unpaired) electrons. The number of aryl methyl sites for hydroxylation is 1. The summed E-state index contributed by atoms with van der Waals surface area (Å²) in [6.45, 7) is 6.61. The van der Waals surface area contributed by atoms with Crippen molar-refractivity contribution in [2.45, 2.75) is 31.6 Å². The van der Waals surface area contributed by atoms with Crippen LogP contribution in [-0.4, -0.2) is 46.0 Å². The molecule has 1 aromatic carbocycles. The van der Waals surface area contributed by atoms with Gasteiger partial charge >= 0.3 is 0 Å². The lowest BCUT2D eigenvalue weighted by Gasteiger charge is -2.32. The smallest absolute Gasteiger partial charge is 0.243 e. The van der Waals surface area contributed by atoms with Crippen LogP contribution < -0.4 is 9.64 Å². The number of piperidine rings is 1. The SMILES string of the molecule is Cc1cc2c(cc1S(=O)(=O)N1CCC[C@H](C)C1)OCCN2C. The number of rotatable bonds is 2. The molecule has 1 aromatic rings. The minimum absolute atomic E-state index is 0.385. The summed E-state index contributed by atoms with van der Waals surface area (Å²) in [7, 11) is -1.44. The quantitative estimate of drug-likeness (QED) is 0.837. The van der Waals surface area contributed by atoms with Crippen LogP contribution in [0.5, 0.6) is 5.75 Å². The maximum Gasteiger partial charge on any atom is 0.243 e. The molecule has 1 atom stereocenters. The van der Waals surface area contributed by atoms with Gasteiger partial charge in [-0.05, 0) is 37.3 Å². The molecule has 0 N–H and O–H groups in total. The van der Waals surface area contributed by atoms with Crippen LogP contribution in [0.15, 0.2) is 17.0 Å². The summed E-state index contributed by atoms with van der Waals surface area (Å²) in [5.41, 5.74) is 1.75. The van der Waals surface area contributed by atoms with E-state index in [0.717, 1.165) is 30.6 Å². The molecule has 0 bridgehead atoms. The average molecular weight is 324 g/mol. The third-order valence-corrected chi connectivity index (χ3v) is 6.60. The standard InChI is InChI=1S/C16H24N2O3S/c1-12-5-4-6-18(11-12)22(19,20)16-10-15-14(9-13(16)2)17(3)7-8-21-15/h9-10,12H,4-8,11H2,1-3H3/t12-/m0/s1. The second-order valence-corrected chi connectivity index (χ2v) is 8.37. The van der Waals surface area contributed by atoms with Crippen LogP contribution in [0.1, 0.15) is 25.3 Å². The highest BCUT2D eigenvalue weighted by atomic mass is 32.2. The summed E-state index contributed by atoms with van der Waals surface area (Å²) in [4.78, 5) is 2.49. The fraction of sp³-hybridized carbons (Fsp3) is 0.625.